The van der Waals surface area contributed by atoms with E-state index in [1.54, 1.807) is 6.20 Å². The normalized spacial score (nSPS) is 21.7. The van der Waals surface area contributed by atoms with Crippen molar-refractivity contribution in [3.63, 3.8) is 0 Å². The second kappa shape index (κ2) is 5.07. The van der Waals surface area contributed by atoms with Gasteiger partial charge in [0.25, 0.3) is 0 Å². The van der Waals surface area contributed by atoms with E-state index >= 15 is 0 Å². The van der Waals surface area contributed by atoms with E-state index in [1.807, 2.05) is 19.2 Å². The first-order valence-electron chi connectivity index (χ1n) is 5.61. The summed E-state index contributed by atoms with van der Waals surface area (Å²) in [5.74, 6) is 1.01. The number of anilines is 1. The minimum atomic E-state index is 0.570. The number of aromatic nitrogens is 2. The summed E-state index contributed by atoms with van der Waals surface area (Å²) in [5.41, 5.74) is 0. The van der Waals surface area contributed by atoms with Crippen molar-refractivity contribution in [2.45, 2.75) is 25.3 Å². The van der Waals surface area contributed by atoms with E-state index in [0.29, 0.717) is 6.04 Å². The van der Waals surface area contributed by atoms with Gasteiger partial charge in [-0.15, -0.1) is 5.10 Å². The molecule has 1 unspecified atom stereocenters. The maximum absolute atomic E-state index is 4.18. The highest BCUT2D eigenvalue weighted by Gasteiger charge is 2.22. The Morgan fingerprint density at radius 1 is 1.53 bits per heavy atom. The van der Waals surface area contributed by atoms with Crippen LogP contribution in [0.3, 0.4) is 0 Å². The fourth-order valence-electron chi connectivity index (χ4n) is 2.20. The van der Waals surface area contributed by atoms with Crippen molar-refractivity contribution in [3.05, 3.63) is 18.3 Å². The van der Waals surface area contributed by atoms with Crippen molar-refractivity contribution < 1.29 is 0 Å². The van der Waals surface area contributed by atoms with Crippen LogP contribution in [0.5, 0.6) is 0 Å². The van der Waals surface area contributed by atoms with Crippen molar-refractivity contribution in [3.8, 4) is 0 Å². The third-order valence-electron chi connectivity index (χ3n) is 2.92. The predicted octanol–water partition coefficient (Wildman–Crippen LogP) is 1.05. The maximum Gasteiger partial charge on any atom is 0.151 e. The Hall–Kier alpha value is -1.16. The van der Waals surface area contributed by atoms with Crippen LogP contribution in [0.4, 0.5) is 5.82 Å². The number of hydrogen-bond donors (Lipinski definition) is 1. The number of likely N-dealkylation sites (N-methyl/N-ethyl adjacent to an activating group) is 1. The molecule has 1 aromatic heterocycles. The molecular weight excluding hydrogens is 188 g/mol. The number of nitrogens with zero attached hydrogens (tertiary/aromatic N) is 3. The molecule has 4 nitrogen and oxygen atoms in total. The number of nitrogens with one attached hydrogen (secondary N) is 1. The summed E-state index contributed by atoms with van der Waals surface area (Å²) in [4.78, 5) is 2.37. The third-order valence-corrected chi connectivity index (χ3v) is 2.92. The summed E-state index contributed by atoms with van der Waals surface area (Å²) in [6, 6.07) is 4.56. The third kappa shape index (κ3) is 2.45. The second-order valence-corrected chi connectivity index (χ2v) is 3.98. The zero-order valence-electron chi connectivity index (χ0n) is 9.19. The van der Waals surface area contributed by atoms with Crippen molar-refractivity contribution in [1.29, 1.82) is 0 Å². The smallest absolute Gasteiger partial charge is 0.151 e. The van der Waals surface area contributed by atoms with Crippen LogP contribution in [-0.2, 0) is 0 Å². The molecular formula is C11H18N4. The molecule has 0 radical (unpaired) electrons. The number of hydrogen-bond acceptors (Lipinski definition) is 4. The maximum atomic E-state index is 4.18. The van der Waals surface area contributed by atoms with E-state index in [2.05, 4.69) is 20.4 Å². The molecule has 82 valence electrons. The Kier molecular flexibility index (Phi) is 3.50. The van der Waals surface area contributed by atoms with E-state index in [0.717, 1.165) is 18.9 Å². The van der Waals surface area contributed by atoms with Crippen LogP contribution in [0, 0.1) is 0 Å². The zero-order valence-corrected chi connectivity index (χ0v) is 9.19. The van der Waals surface area contributed by atoms with Crippen LogP contribution >= 0.6 is 0 Å². The van der Waals surface area contributed by atoms with E-state index < -0.39 is 0 Å². The molecule has 1 atom stereocenters. The average molecular weight is 206 g/mol. The van der Waals surface area contributed by atoms with Crippen molar-refractivity contribution in [2.24, 2.45) is 0 Å². The molecule has 1 fully saturated rings. The van der Waals surface area contributed by atoms with Crippen molar-refractivity contribution in [1.82, 2.24) is 15.5 Å². The molecule has 1 saturated heterocycles. The van der Waals surface area contributed by atoms with Gasteiger partial charge < -0.3 is 10.2 Å². The van der Waals surface area contributed by atoms with Gasteiger partial charge in [0.1, 0.15) is 0 Å². The van der Waals surface area contributed by atoms with Gasteiger partial charge in [0, 0.05) is 25.3 Å². The minimum Gasteiger partial charge on any atom is -0.351 e. The van der Waals surface area contributed by atoms with Gasteiger partial charge in [-0.1, -0.05) is 0 Å². The highest BCUT2D eigenvalue weighted by atomic mass is 15.3. The van der Waals surface area contributed by atoms with Crippen LogP contribution in [0.25, 0.3) is 0 Å². The quantitative estimate of drug-likeness (QED) is 0.802. The fraction of sp³-hybridized carbons (Fsp3) is 0.636. The molecule has 0 aliphatic carbocycles. The van der Waals surface area contributed by atoms with Crippen LogP contribution < -0.4 is 10.2 Å². The van der Waals surface area contributed by atoms with Gasteiger partial charge in [-0.25, -0.2) is 0 Å². The molecule has 1 aliphatic rings. The summed E-state index contributed by atoms with van der Waals surface area (Å²) in [7, 11) is 2.00. The van der Waals surface area contributed by atoms with Gasteiger partial charge in [0.15, 0.2) is 5.82 Å². The molecule has 1 N–H and O–H groups in total. The van der Waals surface area contributed by atoms with Crippen LogP contribution in [0.1, 0.15) is 19.3 Å². The lowest BCUT2D eigenvalue weighted by Gasteiger charge is -2.36. The van der Waals surface area contributed by atoms with Crippen LogP contribution in [-0.4, -0.2) is 36.4 Å². The monoisotopic (exact) mass is 206 g/mol. The first-order chi connectivity index (χ1) is 7.42. The topological polar surface area (TPSA) is 41.0 Å². The molecule has 1 aliphatic heterocycles. The zero-order chi connectivity index (χ0) is 10.5. The first-order valence-corrected chi connectivity index (χ1v) is 5.61. The van der Waals surface area contributed by atoms with Crippen LogP contribution in [0.2, 0.25) is 0 Å². The lowest BCUT2D eigenvalue weighted by atomic mass is 10.0. The largest absolute Gasteiger partial charge is 0.351 e. The fourth-order valence-corrected chi connectivity index (χ4v) is 2.20. The summed E-state index contributed by atoms with van der Waals surface area (Å²) in [6.45, 7) is 2.13. The van der Waals surface area contributed by atoms with Gasteiger partial charge in [0.2, 0.25) is 0 Å². The Bertz CT molecular complexity index is 286. The van der Waals surface area contributed by atoms with Gasteiger partial charge in [-0.05, 0) is 38.4 Å². The molecule has 1 aromatic rings. The van der Waals surface area contributed by atoms with E-state index in [4.69, 9.17) is 0 Å². The summed E-state index contributed by atoms with van der Waals surface area (Å²) >= 11 is 0. The molecule has 0 amide bonds. The standard InChI is InChI=1S/C11H18N4/c1-12-9-10-5-2-3-8-15(10)11-6-4-7-13-14-11/h4,6-7,10,12H,2-3,5,8-9H2,1H3. The van der Waals surface area contributed by atoms with Gasteiger partial charge >= 0.3 is 0 Å². The van der Waals surface area contributed by atoms with Gasteiger partial charge in [-0.2, -0.15) is 5.10 Å². The molecule has 15 heavy (non-hydrogen) atoms. The molecule has 0 bridgehead atoms. The van der Waals surface area contributed by atoms with E-state index in [1.165, 1.54) is 19.3 Å². The van der Waals surface area contributed by atoms with Crippen molar-refractivity contribution >= 4 is 5.82 Å². The Morgan fingerprint density at radius 2 is 2.47 bits per heavy atom. The number of piperidine rings is 1. The second-order valence-electron chi connectivity index (χ2n) is 3.98. The SMILES string of the molecule is CNCC1CCCCN1c1cccnn1. The Morgan fingerprint density at radius 3 is 3.20 bits per heavy atom. The lowest BCUT2D eigenvalue weighted by Crippen LogP contribution is -2.45. The molecule has 0 aromatic carbocycles. The van der Waals surface area contributed by atoms with E-state index in [-0.39, 0.29) is 0 Å². The molecule has 2 heterocycles. The molecule has 0 spiro atoms. The Balaban J connectivity index is 2.11. The van der Waals surface area contributed by atoms with Gasteiger partial charge in [0.05, 0.1) is 0 Å². The number of rotatable bonds is 3. The summed E-state index contributed by atoms with van der Waals surface area (Å²) in [5, 5.41) is 11.4. The molecule has 0 saturated carbocycles. The van der Waals surface area contributed by atoms with E-state index in [9.17, 15) is 0 Å². The average Bonchev–Trinajstić information content (AvgIpc) is 2.31. The summed E-state index contributed by atoms with van der Waals surface area (Å²) in [6.07, 6.45) is 5.55. The predicted molar refractivity (Wildman–Crippen MR) is 60.9 cm³/mol. The van der Waals surface area contributed by atoms with Crippen LogP contribution in [0.15, 0.2) is 18.3 Å². The highest BCUT2D eigenvalue weighted by Crippen LogP contribution is 2.21. The molecule has 4 heteroatoms. The molecule has 2 rings (SSSR count). The van der Waals surface area contributed by atoms with Gasteiger partial charge in [-0.3, -0.25) is 0 Å². The van der Waals surface area contributed by atoms with Crippen molar-refractivity contribution in [2.75, 3.05) is 25.0 Å². The highest BCUT2D eigenvalue weighted by molar-refractivity contribution is 5.38. The minimum absolute atomic E-state index is 0.570. The lowest BCUT2D eigenvalue weighted by molar-refractivity contribution is 0.442. The first kappa shape index (κ1) is 10.4. The Labute approximate surface area is 90.7 Å². The summed E-state index contributed by atoms with van der Waals surface area (Å²) < 4.78 is 0.